The summed E-state index contributed by atoms with van der Waals surface area (Å²) in [7, 11) is 1.28. The second-order valence-corrected chi connectivity index (χ2v) is 8.65. The van der Waals surface area contributed by atoms with Crippen molar-refractivity contribution in [3.8, 4) is 0 Å². The summed E-state index contributed by atoms with van der Waals surface area (Å²) >= 11 is 6.08. The van der Waals surface area contributed by atoms with Gasteiger partial charge in [-0.1, -0.05) is 37.6 Å². The Balaban J connectivity index is 2.15. The van der Waals surface area contributed by atoms with Crippen LogP contribution in [0.4, 0.5) is 0 Å². The van der Waals surface area contributed by atoms with Crippen LogP contribution in [0.25, 0.3) is 0 Å². The minimum absolute atomic E-state index is 0.224. The van der Waals surface area contributed by atoms with Gasteiger partial charge in [-0.3, -0.25) is 9.59 Å². The second-order valence-electron chi connectivity index (χ2n) is 8.21. The zero-order chi connectivity index (χ0) is 22.9. The highest BCUT2D eigenvalue weighted by molar-refractivity contribution is 6.30. The molecule has 0 bridgehead atoms. The van der Waals surface area contributed by atoms with Gasteiger partial charge in [-0.15, -0.1) is 0 Å². The van der Waals surface area contributed by atoms with Crippen molar-refractivity contribution in [3.05, 3.63) is 57.4 Å². The first-order chi connectivity index (χ1) is 14.7. The summed E-state index contributed by atoms with van der Waals surface area (Å²) in [4.78, 5) is 39.2. The summed E-state index contributed by atoms with van der Waals surface area (Å²) in [6, 6.07) is 7.04. The number of halogens is 1. The molecule has 0 aromatic heterocycles. The number of methoxy groups -OCH3 is 1. The molecule has 31 heavy (non-hydrogen) atoms. The quantitative estimate of drug-likeness (QED) is 0.537. The van der Waals surface area contributed by atoms with Gasteiger partial charge in [-0.25, -0.2) is 4.79 Å². The molecular formula is C24H28ClNO5. The van der Waals surface area contributed by atoms with E-state index in [1.807, 2.05) is 20.8 Å². The maximum atomic E-state index is 13.6. The van der Waals surface area contributed by atoms with Gasteiger partial charge in [0.2, 0.25) is 0 Å². The van der Waals surface area contributed by atoms with Gasteiger partial charge >= 0.3 is 11.9 Å². The molecule has 0 radical (unpaired) electrons. The minimum atomic E-state index is -0.911. The first-order valence-corrected chi connectivity index (χ1v) is 10.9. The van der Waals surface area contributed by atoms with Crippen LogP contribution in [-0.4, -0.2) is 30.9 Å². The van der Waals surface area contributed by atoms with Gasteiger partial charge in [-0.2, -0.15) is 0 Å². The third kappa shape index (κ3) is 4.40. The van der Waals surface area contributed by atoms with E-state index in [0.717, 1.165) is 11.3 Å². The van der Waals surface area contributed by atoms with Crippen molar-refractivity contribution in [1.29, 1.82) is 0 Å². The molecule has 4 atom stereocenters. The summed E-state index contributed by atoms with van der Waals surface area (Å²) in [5.74, 6) is -3.16. The van der Waals surface area contributed by atoms with Gasteiger partial charge in [0.25, 0.3) is 0 Å². The van der Waals surface area contributed by atoms with E-state index < -0.39 is 23.8 Å². The summed E-state index contributed by atoms with van der Waals surface area (Å²) < 4.78 is 10.5. The summed E-state index contributed by atoms with van der Waals surface area (Å²) in [5.41, 5.74) is 2.89. The molecule has 6 nitrogen and oxygen atoms in total. The van der Waals surface area contributed by atoms with Gasteiger partial charge in [0, 0.05) is 27.9 Å². The van der Waals surface area contributed by atoms with Crippen LogP contribution in [0.5, 0.6) is 0 Å². The Labute approximate surface area is 187 Å². The van der Waals surface area contributed by atoms with Crippen molar-refractivity contribution in [3.63, 3.8) is 0 Å². The van der Waals surface area contributed by atoms with Crippen LogP contribution in [0.15, 0.2) is 46.8 Å². The first kappa shape index (κ1) is 23.1. The standard InChI is InChI=1S/C24H28ClNO5/c1-6-13(3)31-24(29)19-14(4)26-17-11-12(2)18(23(28)30-5)22(27)21(17)20(19)15-7-9-16(25)10-8-15/h7-10,12-13,18,20,26H,6,11H2,1-5H3/t12-,13+,18-,20+/m0/s1. The maximum absolute atomic E-state index is 13.6. The molecule has 1 aromatic carbocycles. The molecule has 0 saturated carbocycles. The lowest BCUT2D eigenvalue weighted by Gasteiger charge is -2.38. The normalized spacial score (nSPS) is 24.3. The Morgan fingerprint density at radius 2 is 1.90 bits per heavy atom. The summed E-state index contributed by atoms with van der Waals surface area (Å²) in [5, 5.41) is 3.80. The number of dihydropyridines is 1. The number of allylic oxidation sites excluding steroid dienone is 3. The van der Waals surface area contributed by atoms with Crippen molar-refractivity contribution in [2.24, 2.45) is 11.8 Å². The predicted octanol–water partition coefficient (Wildman–Crippen LogP) is 4.29. The van der Waals surface area contributed by atoms with E-state index in [1.54, 1.807) is 31.2 Å². The number of Topliss-reactive ketones (excluding diaryl/α,β-unsaturated/α-hetero) is 1. The fourth-order valence-corrected chi connectivity index (χ4v) is 4.40. The van der Waals surface area contributed by atoms with Gasteiger partial charge in [0.1, 0.15) is 5.92 Å². The lowest BCUT2D eigenvalue weighted by atomic mass is 9.69. The Morgan fingerprint density at radius 1 is 1.26 bits per heavy atom. The van der Waals surface area contributed by atoms with E-state index in [9.17, 15) is 14.4 Å². The largest absolute Gasteiger partial charge is 0.468 e. The van der Waals surface area contributed by atoms with Crippen molar-refractivity contribution in [2.45, 2.75) is 52.6 Å². The number of benzene rings is 1. The minimum Gasteiger partial charge on any atom is -0.468 e. The van der Waals surface area contributed by atoms with Gasteiger partial charge < -0.3 is 14.8 Å². The lowest BCUT2D eigenvalue weighted by molar-refractivity contribution is -0.151. The molecule has 1 aromatic rings. The monoisotopic (exact) mass is 445 g/mol. The third-order valence-corrected chi connectivity index (χ3v) is 6.30. The van der Waals surface area contributed by atoms with Crippen LogP contribution in [0.2, 0.25) is 5.02 Å². The van der Waals surface area contributed by atoms with E-state index >= 15 is 0 Å². The average Bonchev–Trinajstić information content (AvgIpc) is 2.72. The maximum Gasteiger partial charge on any atom is 0.337 e. The molecule has 2 aliphatic rings. The van der Waals surface area contributed by atoms with Gasteiger partial charge in [-0.05, 0) is 50.3 Å². The van der Waals surface area contributed by atoms with Crippen LogP contribution in [0, 0.1) is 11.8 Å². The number of carbonyl (C=O) groups excluding carboxylic acids is 3. The highest BCUT2D eigenvalue weighted by Gasteiger charge is 2.47. The molecule has 0 unspecified atom stereocenters. The smallest absolute Gasteiger partial charge is 0.337 e. The van der Waals surface area contributed by atoms with Crippen molar-refractivity contribution in [2.75, 3.05) is 7.11 Å². The molecule has 1 N–H and O–H groups in total. The third-order valence-electron chi connectivity index (χ3n) is 6.05. The Morgan fingerprint density at radius 3 is 2.48 bits per heavy atom. The molecule has 0 fully saturated rings. The Hall–Kier alpha value is -2.60. The molecule has 7 heteroatoms. The number of ketones is 1. The van der Waals surface area contributed by atoms with Crippen molar-refractivity contribution < 1.29 is 23.9 Å². The number of hydrogen-bond donors (Lipinski definition) is 1. The molecule has 1 aliphatic heterocycles. The van der Waals surface area contributed by atoms with Crippen LogP contribution < -0.4 is 5.32 Å². The van der Waals surface area contributed by atoms with Crippen LogP contribution in [0.1, 0.15) is 52.0 Å². The zero-order valence-electron chi connectivity index (χ0n) is 18.5. The molecule has 166 valence electrons. The fourth-order valence-electron chi connectivity index (χ4n) is 4.27. The molecular weight excluding hydrogens is 418 g/mol. The van der Waals surface area contributed by atoms with Crippen LogP contribution in [0.3, 0.4) is 0 Å². The van der Waals surface area contributed by atoms with Crippen molar-refractivity contribution in [1.82, 2.24) is 5.32 Å². The van der Waals surface area contributed by atoms with E-state index in [0.29, 0.717) is 34.7 Å². The summed E-state index contributed by atoms with van der Waals surface area (Å²) in [6.07, 6.45) is 0.904. The van der Waals surface area contributed by atoms with Crippen LogP contribution in [-0.2, 0) is 23.9 Å². The highest BCUT2D eigenvalue weighted by Crippen LogP contribution is 2.45. The lowest BCUT2D eigenvalue weighted by Crippen LogP contribution is -2.43. The van der Waals surface area contributed by atoms with Crippen LogP contribution >= 0.6 is 11.6 Å². The molecule has 1 heterocycles. The fraction of sp³-hybridized carbons (Fsp3) is 0.458. The number of esters is 2. The van der Waals surface area contributed by atoms with E-state index in [4.69, 9.17) is 21.1 Å². The number of hydrogen-bond acceptors (Lipinski definition) is 6. The number of nitrogens with one attached hydrogen (secondary N) is 1. The Kier molecular flexibility index (Phi) is 6.90. The molecule has 0 spiro atoms. The molecule has 0 saturated heterocycles. The molecule has 3 rings (SSSR count). The van der Waals surface area contributed by atoms with E-state index in [1.165, 1.54) is 7.11 Å². The van der Waals surface area contributed by atoms with Gasteiger partial charge in [0.15, 0.2) is 5.78 Å². The molecule has 0 amide bonds. The van der Waals surface area contributed by atoms with E-state index in [2.05, 4.69) is 5.32 Å². The van der Waals surface area contributed by atoms with Crippen molar-refractivity contribution >= 4 is 29.3 Å². The first-order valence-electron chi connectivity index (χ1n) is 10.5. The predicted molar refractivity (Wildman–Crippen MR) is 117 cm³/mol. The number of carbonyl (C=O) groups is 3. The topological polar surface area (TPSA) is 81.7 Å². The average molecular weight is 446 g/mol. The molecule has 1 aliphatic carbocycles. The second kappa shape index (κ2) is 9.27. The number of rotatable bonds is 5. The Bertz CT molecular complexity index is 963. The SMILES string of the molecule is CC[C@@H](C)OC(=O)C1=C(C)NC2=C(C(=O)[C@@H](C(=O)OC)[C@@H](C)C2)[C@@H]1c1ccc(Cl)cc1. The highest BCUT2D eigenvalue weighted by atomic mass is 35.5. The zero-order valence-corrected chi connectivity index (χ0v) is 19.2. The van der Waals surface area contributed by atoms with E-state index in [-0.39, 0.29) is 17.8 Å². The van der Waals surface area contributed by atoms with Gasteiger partial charge in [0.05, 0.1) is 18.8 Å². The number of ether oxygens (including phenoxy) is 2. The summed E-state index contributed by atoms with van der Waals surface area (Å²) in [6.45, 7) is 7.42.